The molecule has 0 unspecified atom stereocenters. The maximum Gasteiger partial charge on any atom is 0.146 e. The van der Waals surface area contributed by atoms with E-state index in [0.717, 1.165) is 15.9 Å². The normalized spacial score (nSPS) is 10.4. The van der Waals surface area contributed by atoms with Gasteiger partial charge in [0, 0.05) is 10.7 Å². The highest BCUT2D eigenvalue weighted by molar-refractivity contribution is 9.10. The summed E-state index contributed by atoms with van der Waals surface area (Å²) in [5, 5.41) is 0. The highest BCUT2D eigenvalue weighted by Gasteiger charge is 2.02. The van der Waals surface area contributed by atoms with Crippen molar-refractivity contribution in [2.45, 2.75) is 6.92 Å². The van der Waals surface area contributed by atoms with E-state index in [-0.39, 0.29) is 0 Å². The van der Waals surface area contributed by atoms with Crippen molar-refractivity contribution in [3.63, 3.8) is 0 Å². The predicted molar refractivity (Wildman–Crippen MR) is 62.3 cm³/mol. The Morgan fingerprint density at radius 2 is 2.43 bits per heavy atom. The molecule has 1 aromatic rings. The number of hydrogen-bond acceptors (Lipinski definition) is 2. The van der Waals surface area contributed by atoms with Crippen LogP contribution in [-0.4, -0.2) is 11.6 Å². The fraction of sp³-hybridized carbons (Fsp3) is 0.182. The molecular weight excluding hydrogens is 242 g/mol. The van der Waals surface area contributed by atoms with Crippen LogP contribution in [-0.2, 0) is 0 Å². The minimum Gasteiger partial charge on any atom is -0.487 e. The summed E-state index contributed by atoms with van der Waals surface area (Å²) in [6.45, 7) is 6.03. The summed E-state index contributed by atoms with van der Waals surface area (Å²) >= 11 is 3.35. The topological polar surface area (TPSA) is 22.1 Å². The minimum absolute atomic E-state index is 0.489. The molecule has 1 rings (SSSR count). The average molecular weight is 254 g/mol. The zero-order chi connectivity index (χ0) is 10.4. The SMILES string of the molecule is C=CCOc1cc(Br)cnc1/C=C\C. The van der Waals surface area contributed by atoms with E-state index in [1.807, 2.05) is 25.1 Å². The number of hydrogen-bond donors (Lipinski definition) is 0. The first-order valence-electron chi connectivity index (χ1n) is 4.30. The molecule has 0 aliphatic carbocycles. The number of rotatable bonds is 4. The van der Waals surface area contributed by atoms with Crippen LogP contribution in [0.1, 0.15) is 12.6 Å². The second-order valence-electron chi connectivity index (χ2n) is 2.64. The standard InChI is InChI=1S/C11H12BrNO/c1-3-5-10-11(14-6-4-2)7-9(12)8-13-10/h3-5,7-8H,2,6H2,1H3/b5-3-. The van der Waals surface area contributed by atoms with Gasteiger partial charge in [-0.1, -0.05) is 18.7 Å². The van der Waals surface area contributed by atoms with Gasteiger partial charge in [-0.2, -0.15) is 0 Å². The highest BCUT2D eigenvalue weighted by atomic mass is 79.9. The third-order valence-electron chi connectivity index (χ3n) is 1.53. The molecule has 0 N–H and O–H groups in total. The Kier molecular flexibility index (Phi) is 4.40. The number of ether oxygens (including phenoxy) is 1. The van der Waals surface area contributed by atoms with Crippen LogP contribution in [0.5, 0.6) is 5.75 Å². The van der Waals surface area contributed by atoms with Crippen LogP contribution in [0.4, 0.5) is 0 Å². The van der Waals surface area contributed by atoms with Crippen LogP contribution in [0.3, 0.4) is 0 Å². The van der Waals surface area contributed by atoms with Crippen molar-refractivity contribution in [2.24, 2.45) is 0 Å². The lowest BCUT2D eigenvalue weighted by Gasteiger charge is -2.06. The van der Waals surface area contributed by atoms with Crippen LogP contribution in [0.25, 0.3) is 6.08 Å². The molecule has 0 aromatic carbocycles. The Labute approximate surface area is 92.4 Å². The monoisotopic (exact) mass is 253 g/mol. The van der Waals surface area contributed by atoms with Crippen molar-refractivity contribution in [1.29, 1.82) is 0 Å². The fourth-order valence-corrected chi connectivity index (χ4v) is 1.29. The molecule has 0 saturated carbocycles. The van der Waals surface area contributed by atoms with Gasteiger partial charge in [0.15, 0.2) is 0 Å². The molecule has 0 atom stereocenters. The number of pyridine rings is 1. The lowest BCUT2D eigenvalue weighted by molar-refractivity contribution is 0.360. The van der Waals surface area contributed by atoms with Gasteiger partial charge in [-0.15, -0.1) is 0 Å². The Balaban J connectivity index is 2.96. The molecule has 0 amide bonds. The largest absolute Gasteiger partial charge is 0.487 e. The number of allylic oxidation sites excluding steroid dienone is 1. The Morgan fingerprint density at radius 3 is 3.07 bits per heavy atom. The molecule has 0 radical (unpaired) electrons. The first-order chi connectivity index (χ1) is 6.77. The van der Waals surface area contributed by atoms with Gasteiger partial charge in [0.1, 0.15) is 18.1 Å². The van der Waals surface area contributed by atoms with E-state index in [1.54, 1.807) is 12.3 Å². The third kappa shape index (κ3) is 3.00. The summed E-state index contributed by atoms with van der Waals surface area (Å²) in [4.78, 5) is 4.23. The van der Waals surface area contributed by atoms with E-state index < -0.39 is 0 Å². The second-order valence-corrected chi connectivity index (χ2v) is 3.55. The molecule has 0 aliphatic rings. The smallest absolute Gasteiger partial charge is 0.146 e. The summed E-state index contributed by atoms with van der Waals surface area (Å²) in [5.74, 6) is 0.761. The Bertz CT molecular complexity index is 347. The maximum atomic E-state index is 5.46. The van der Waals surface area contributed by atoms with Crippen LogP contribution >= 0.6 is 15.9 Å². The molecule has 14 heavy (non-hydrogen) atoms. The average Bonchev–Trinajstić information content (AvgIpc) is 2.18. The van der Waals surface area contributed by atoms with Crippen LogP contribution in [0.15, 0.2) is 35.5 Å². The van der Waals surface area contributed by atoms with E-state index in [2.05, 4.69) is 27.5 Å². The van der Waals surface area contributed by atoms with Gasteiger partial charge in [0.2, 0.25) is 0 Å². The van der Waals surface area contributed by atoms with Crippen molar-refractivity contribution < 1.29 is 4.74 Å². The fourth-order valence-electron chi connectivity index (χ4n) is 0.979. The van der Waals surface area contributed by atoms with Gasteiger partial charge in [0.25, 0.3) is 0 Å². The third-order valence-corrected chi connectivity index (χ3v) is 1.96. The molecule has 0 saturated heterocycles. The summed E-state index contributed by atoms with van der Waals surface area (Å²) in [6.07, 6.45) is 7.29. The summed E-state index contributed by atoms with van der Waals surface area (Å²) in [6, 6.07) is 1.89. The van der Waals surface area contributed by atoms with Gasteiger partial charge in [-0.3, -0.25) is 4.98 Å². The lowest BCUT2D eigenvalue weighted by atomic mass is 10.3. The zero-order valence-corrected chi connectivity index (χ0v) is 9.62. The Morgan fingerprint density at radius 1 is 1.64 bits per heavy atom. The van der Waals surface area contributed by atoms with Gasteiger partial charge in [-0.25, -0.2) is 0 Å². The minimum atomic E-state index is 0.489. The molecular formula is C11H12BrNO. The summed E-state index contributed by atoms with van der Waals surface area (Å²) < 4.78 is 6.37. The summed E-state index contributed by atoms with van der Waals surface area (Å²) in [5.41, 5.74) is 0.831. The molecule has 1 aromatic heterocycles. The number of halogens is 1. The van der Waals surface area contributed by atoms with Gasteiger partial charge >= 0.3 is 0 Å². The van der Waals surface area contributed by atoms with Crippen molar-refractivity contribution in [2.75, 3.05) is 6.61 Å². The van der Waals surface area contributed by atoms with E-state index in [4.69, 9.17) is 4.74 Å². The Hall–Kier alpha value is -1.09. The van der Waals surface area contributed by atoms with Crippen LogP contribution in [0.2, 0.25) is 0 Å². The van der Waals surface area contributed by atoms with E-state index >= 15 is 0 Å². The molecule has 1 heterocycles. The predicted octanol–water partition coefficient (Wildman–Crippen LogP) is 3.44. The molecule has 0 fully saturated rings. The highest BCUT2D eigenvalue weighted by Crippen LogP contribution is 2.22. The van der Waals surface area contributed by atoms with Crippen LogP contribution < -0.4 is 4.74 Å². The molecule has 0 bridgehead atoms. The van der Waals surface area contributed by atoms with Crippen molar-refractivity contribution >= 4 is 22.0 Å². The van der Waals surface area contributed by atoms with Crippen molar-refractivity contribution in [1.82, 2.24) is 4.98 Å². The van der Waals surface area contributed by atoms with E-state index in [9.17, 15) is 0 Å². The molecule has 0 spiro atoms. The van der Waals surface area contributed by atoms with E-state index in [0.29, 0.717) is 6.61 Å². The zero-order valence-electron chi connectivity index (χ0n) is 8.03. The van der Waals surface area contributed by atoms with Gasteiger partial charge in [-0.05, 0) is 35.0 Å². The van der Waals surface area contributed by atoms with Crippen molar-refractivity contribution in [3.05, 3.63) is 41.2 Å². The first kappa shape index (κ1) is 11.0. The van der Waals surface area contributed by atoms with E-state index in [1.165, 1.54) is 0 Å². The first-order valence-corrected chi connectivity index (χ1v) is 5.09. The number of aromatic nitrogens is 1. The van der Waals surface area contributed by atoms with Gasteiger partial charge < -0.3 is 4.74 Å². The van der Waals surface area contributed by atoms with Crippen LogP contribution in [0, 0.1) is 0 Å². The maximum absolute atomic E-state index is 5.46. The molecule has 74 valence electrons. The molecule has 2 nitrogen and oxygen atoms in total. The quantitative estimate of drug-likeness (QED) is 0.768. The summed E-state index contributed by atoms with van der Waals surface area (Å²) in [7, 11) is 0. The lowest BCUT2D eigenvalue weighted by Crippen LogP contribution is -1.96. The molecule has 3 heteroatoms. The second kappa shape index (κ2) is 5.60. The van der Waals surface area contributed by atoms with Crippen molar-refractivity contribution in [3.8, 4) is 5.75 Å². The number of nitrogens with zero attached hydrogens (tertiary/aromatic N) is 1. The molecule has 0 aliphatic heterocycles. The van der Waals surface area contributed by atoms with Gasteiger partial charge in [0.05, 0.1) is 0 Å².